The van der Waals surface area contributed by atoms with Crippen molar-refractivity contribution in [2.45, 2.75) is 95.2 Å². The number of hydrogen-bond acceptors (Lipinski definition) is 5. The molecule has 0 spiro atoms. The van der Waals surface area contributed by atoms with Crippen LogP contribution in [0, 0.1) is 0 Å². The molecule has 6 nitrogen and oxygen atoms in total. The van der Waals surface area contributed by atoms with Crippen LogP contribution >= 0.6 is 0 Å². The van der Waals surface area contributed by atoms with Gasteiger partial charge in [0.15, 0.2) is 0 Å². The van der Waals surface area contributed by atoms with Crippen molar-refractivity contribution in [1.82, 2.24) is 0 Å². The topological polar surface area (TPSA) is 107 Å². The Kier molecular flexibility index (Phi) is 11.4. The lowest BCUT2D eigenvalue weighted by Gasteiger charge is -2.17. The first-order chi connectivity index (χ1) is 12.4. The number of aliphatic hydroxyl groups is 3. The Bertz CT molecular complexity index is 448. The molecule has 1 aliphatic heterocycles. The molecule has 0 aromatic carbocycles. The Hall–Kier alpha value is -1.21. The number of ether oxygens (including phenoxy) is 1. The van der Waals surface area contributed by atoms with E-state index in [4.69, 9.17) is 9.84 Å². The highest BCUT2D eigenvalue weighted by molar-refractivity contribution is 5.66. The second-order valence-electron chi connectivity index (χ2n) is 6.95. The molecule has 0 aromatic heterocycles. The number of unbranched alkanes of at least 4 members (excludes halogenated alkanes) is 3. The molecule has 4 N–H and O–H groups in total. The van der Waals surface area contributed by atoms with Gasteiger partial charge in [-0.05, 0) is 32.1 Å². The predicted octanol–water partition coefficient (Wildman–Crippen LogP) is 2.56. The highest BCUT2D eigenvalue weighted by Gasteiger charge is 2.36. The molecule has 0 aromatic rings. The molecule has 0 saturated carbocycles. The van der Waals surface area contributed by atoms with E-state index in [0.717, 1.165) is 12.8 Å². The number of aliphatic carboxylic acids is 1. The molecule has 0 radical (unpaired) electrons. The number of carboxylic acid groups (broad SMARTS) is 1. The van der Waals surface area contributed by atoms with Gasteiger partial charge in [0.2, 0.25) is 0 Å². The molecule has 1 rings (SSSR count). The van der Waals surface area contributed by atoms with Gasteiger partial charge in [0.1, 0.15) is 0 Å². The number of carboxylic acids is 1. The van der Waals surface area contributed by atoms with E-state index in [1.807, 2.05) is 6.08 Å². The second kappa shape index (κ2) is 13.0. The maximum absolute atomic E-state index is 10.5. The molecule has 150 valence electrons. The van der Waals surface area contributed by atoms with E-state index in [0.29, 0.717) is 25.7 Å². The highest BCUT2D eigenvalue weighted by atomic mass is 16.5. The average molecular weight is 370 g/mol. The smallest absolute Gasteiger partial charge is 0.303 e. The molecule has 1 fully saturated rings. The van der Waals surface area contributed by atoms with Gasteiger partial charge in [-0.1, -0.05) is 44.1 Å². The quantitative estimate of drug-likeness (QED) is 0.293. The summed E-state index contributed by atoms with van der Waals surface area (Å²) in [6.07, 6.45) is 10.1. The van der Waals surface area contributed by atoms with E-state index in [1.165, 1.54) is 18.9 Å². The standard InChI is InChI=1S/C20H34O6/c1-2-3-4-5-6-7-9-15(21)12-13-16(22)19-14-17(23)18(26-19)10-8-11-20(24)25/h6-7,12-13,15-19,21-23H,2-5,8-11,14H2,1H3,(H,24,25)/b7-6-,13-12-/t15-,16+,17-,18-,19+/m1/s1. The van der Waals surface area contributed by atoms with E-state index in [2.05, 4.69) is 13.0 Å². The molecular weight excluding hydrogens is 336 g/mol. The van der Waals surface area contributed by atoms with Gasteiger partial charge < -0.3 is 25.2 Å². The maximum atomic E-state index is 10.5. The van der Waals surface area contributed by atoms with Crippen LogP contribution in [0.25, 0.3) is 0 Å². The van der Waals surface area contributed by atoms with Crippen molar-refractivity contribution in [2.24, 2.45) is 0 Å². The molecule has 0 amide bonds. The predicted molar refractivity (Wildman–Crippen MR) is 99.8 cm³/mol. The molecular formula is C20H34O6. The van der Waals surface area contributed by atoms with Crippen LogP contribution in [0.15, 0.2) is 24.3 Å². The van der Waals surface area contributed by atoms with Crippen molar-refractivity contribution < 1.29 is 30.0 Å². The SMILES string of the molecule is CCCCC/C=C\C[C@@H](O)/C=C\[C@H](O)[C@@H]1C[C@@H](O)[C@@H](CCCC(=O)O)O1. The summed E-state index contributed by atoms with van der Waals surface area (Å²) in [6.45, 7) is 2.16. The summed E-state index contributed by atoms with van der Waals surface area (Å²) in [4.78, 5) is 10.5. The fourth-order valence-electron chi connectivity index (χ4n) is 3.01. The van der Waals surface area contributed by atoms with Crippen LogP contribution in [-0.2, 0) is 9.53 Å². The van der Waals surface area contributed by atoms with Crippen LogP contribution in [0.1, 0.15) is 64.7 Å². The van der Waals surface area contributed by atoms with Crippen molar-refractivity contribution in [2.75, 3.05) is 0 Å². The van der Waals surface area contributed by atoms with E-state index < -0.39 is 36.5 Å². The first-order valence-electron chi connectivity index (χ1n) is 9.68. The van der Waals surface area contributed by atoms with Crippen LogP contribution < -0.4 is 0 Å². The number of rotatable bonds is 13. The zero-order valence-corrected chi connectivity index (χ0v) is 15.7. The summed E-state index contributed by atoms with van der Waals surface area (Å²) in [5, 5.41) is 38.7. The van der Waals surface area contributed by atoms with E-state index in [1.54, 1.807) is 6.08 Å². The zero-order valence-electron chi connectivity index (χ0n) is 15.7. The summed E-state index contributed by atoms with van der Waals surface area (Å²) < 4.78 is 5.65. The summed E-state index contributed by atoms with van der Waals surface area (Å²) in [5.41, 5.74) is 0. The van der Waals surface area contributed by atoms with Gasteiger partial charge in [-0.25, -0.2) is 0 Å². The Morgan fingerprint density at radius 2 is 1.96 bits per heavy atom. The third-order valence-corrected chi connectivity index (χ3v) is 4.56. The van der Waals surface area contributed by atoms with Crippen molar-refractivity contribution in [3.8, 4) is 0 Å². The highest BCUT2D eigenvalue weighted by Crippen LogP contribution is 2.27. The monoisotopic (exact) mass is 370 g/mol. The molecule has 1 heterocycles. The Balaban J connectivity index is 2.29. The first-order valence-corrected chi connectivity index (χ1v) is 9.68. The molecule has 1 saturated heterocycles. The van der Waals surface area contributed by atoms with E-state index in [9.17, 15) is 20.1 Å². The molecule has 1 aliphatic rings. The first kappa shape index (κ1) is 22.8. The summed E-state index contributed by atoms with van der Waals surface area (Å²) in [6, 6.07) is 0. The van der Waals surface area contributed by atoms with Crippen molar-refractivity contribution in [1.29, 1.82) is 0 Å². The minimum absolute atomic E-state index is 0.0395. The number of aliphatic hydroxyl groups excluding tert-OH is 3. The average Bonchev–Trinajstić information content (AvgIpc) is 2.96. The molecule has 26 heavy (non-hydrogen) atoms. The van der Waals surface area contributed by atoms with Gasteiger partial charge in [0.25, 0.3) is 0 Å². The molecule has 0 aliphatic carbocycles. The van der Waals surface area contributed by atoms with Gasteiger partial charge in [-0.2, -0.15) is 0 Å². The lowest BCUT2D eigenvalue weighted by Crippen LogP contribution is -2.25. The van der Waals surface area contributed by atoms with Crippen LogP contribution in [0.2, 0.25) is 0 Å². The van der Waals surface area contributed by atoms with Crippen LogP contribution in [0.3, 0.4) is 0 Å². The van der Waals surface area contributed by atoms with Crippen molar-refractivity contribution in [3.05, 3.63) is 24.3 Å². The summed E-state index contributed by atoms with van der Waals surface area (Å²) in [7, 11) is 0. The van der Waals surface area contributed by atoms with Crippen LogP contribution in [0.4, 0.5) is 0 Å². The lowest BCUT2D eigenvalue weighted by atomic mass is 10.0. The number of hydrogen-bond donors (Lipinski definition) is 4. The van der Waals surface area contributed by atoms with Gasteiger partial charge in [0.05, 0.1) is 30.5 Å². The Labute approximate surface area is 156 Å². The van der Waals surface area contributed by atoms with Crippen LogP contribution in [0.5, 0.6) is 0 Å². The maximum Gasteiger partial charge on any atom is 0.303 e. The normalized spacial score (nSPS) is 25.9. The fraction of sp³-hybridized carbons (Fsp3) is 0.750. The second-order valence-corrected chi connectivity index (χ2v) is 6.95. The summed E-state index contributed by atoms with van der Waals surface area (Å²) >= 11 is 0. The third-order valence-electron chi connectivity index (χ3n) is 4.56. The minimum Gasteiger partial charge on any atom is -0.481 e. The number of carbonyl (C=O) groups is 1. The number of allylic oxidation sites excluding steroid dienone is 1. The Morgan fingerprint density at radius 1 is 1.19 bits per heavy atom. The van der Waals surface area contributed by atoms with Gasteiger partial charge >= 0.3 is 5.97 Å². The molecule has 0 bridgehead atoms. The van der Waals surface area contributed by atoms with Gasteiger partial charge in [-0.15, -0.1) is 0 Å². The fourth-order valence-corrected chi connectivity index (χ4v) is 3.01. The van der Waals surface area contributed by atoms with Crippen LogP contribution in [-0.4, -0.2) is 56.9 Å². The Morgan fingerprint density at radius 3 is 2.65 bits per heavy atom. The van der Waals surface area contributed by atoms with Gasteiger partial charge in [0, 0.05) is 12.8 Å². The minimum atomic E-state index is -0.905. The largest absolute Gasteiger partial charge is 0.481 e. The molecule has 5 atom stereocenters. The van der Waals surface area contributed by atoms with E-state index >= 15 is 0 Å². The lowest BCUT2D eigenvalue weighted by molar-refractivity contribution is -0.137. The van der Waals surface area contributed by atoms with Crippen molar-refractivity contribution in [3.63, 3.8) is 0 Å². The summed E-state index contributed by atoms with van der Waals surface area (Å²) in [5.74, 6) is -0.870. The molecule has 6 heteroatoms. The van der Waals surface area contributed by atoms with Crippen molar-refractivity contribution >= 4 is 5.97 Å². The zero-order chi connectivity index (χ0) is 19.4. The van der Waals surface area contributed by atoms with E-state index in [-0.39, 0.29) is 6.42 Å². The van der Waals surface area contributed by atoms with Gasteiger partial charge in [-0.3, -0.25) is 4.79 Å². The molecule has 0 unspecified atom stereocenters. The third kappa shape index (κ3) is 9.48.